The van der Waals surface area contributed by atoms with Crippen molar-refractivity contribution in [3.63, 3.8) is 0 Å². The second kappa shape index (κ2) is 9.25. The van der Waals surface area contributed by atoms with Crippen LogP contribution in [0.1, 0.15) is 41.0 Å². The zero-order chi connectivity index (χ0) is 14.9. The van der Waals surface area contributed by atoms with Crippen LogP contribution in [0.2, 0.25) is 5.54 Å². The van der Waals surface area contributed by atoms with Crippen molar-refractivity contribution >= 4 is 14.8 Å². The van der Waals surface area contributed by atoms with E-state index in [0.717, 1.165) is 6.42 Å². The molecule has 0 rings (SSSR count). The van der Waals surface area contributed by atoms with Crippen molar-refractivity contribution in [2.24, 2.45) is 0 Å². The Morgan fingerprint density at radius 3 is 1.79 bits per heavy atom. The lowest BCUT2D eigenvalue weighted by atomic mass is 10.2. The number of carboxylic acids is 1. The van der Waals surface area contributed by atoms with Crippen LogP contribution in [-0.2, 0) is 18.1 Å². The van der Waals surface area contributed by atoms with Crippen LogP contribution < -0.4 is 0 Å². The maximum atomic E-state index is 11.0. The highest BCUT2D eigenvalue weighted by molar-refractivity contribution is 6.63. The lowest BCUT2D eigenvalue weighted by Crippen LogP contribution is -2.50. The number of hydrogen-bond donors (Lipinski definition) is 1. The van der Waals surface area contributed by atoms with E-state index in [0.29, 0.717) is 25.4 Å². The molecule has 5 nitrogen and oxygen atoms in total. The number of carbonyl (C=O) groups is 1. The molecule has 0 spiro atoms. The Hall–Kier alpha value is -0.693. The molecule has 0 aromatic heterocycles. The van der Waals surface area contributed by atoms with Gasteiger partial charge in [-0.1, -0.05) is 13.0 Å². The molecule has 19 heavy (non-hydrogen) atoms. The smallest absolute Gasteiger partial charge is 0.478 e. The van der Waals surface area contributed by atoms with Gasteiger partial charge in [0.15, 0.2) is 0 Å². The first kappa shape index (κ1) is 18.3. The van der Waals surface area contributed by atoms with Gasteiger partial charge >= 0.3 is 14.8 Å². The molecule has 0 aliphatic heterocycles. The van der Waals surface area contributed by atoms with Crippen molar-refractivity contribution in [2.75, 3.05) is 19.8 Å². The number of rotatable bonds is 10. The molecule has 0 saturated carbocycles. The standard InChI is InChI=1S/C13H26O5Si/c1-6-12(10-11(5)13(14)15)19(16-7-2,17-8-3)18-9-4/h10,12H,6-9H2,1-5H3,(H,14,15)/b11-10+. The Morgan fingerprint density at radius 1 is 1.11 bits per heavy atom. The van der Waals surface area contributed by atoms with Crippen molar-refractivity contribution in [3.8, 4) is 0 Å². The molecule has 0 fully saturated rings. The minimum absolute atomic E-state index is 0.136. The molecule has 0 bridgehead atoms. The third-order valence-corrected chi connectivity index (χ3v) is 6.28. The molecule has 6 heteroatoms. The van der Waals surface area contributed by atoms with E-state index >= 15 is 0 Å². The van der Waals surface area contributed by atoms with E-state index in [1.165, 1.54) is 0 Å². The van der Waals surface area contributed by atoms with Crippen molar-refractivity contribution in [3.05, 3.63) is 11.6 Å². The first-order chi connectivity index (χ1) is 8.97. The molecule has 1 atom stereocenters. The van der Waals surface area contributed by atoms with Gasteiger partial charge in [0.1, 0.15) is 0 Å². The Kier molecular flexibility index (Phi) is 8.91. The molecule has 0 aromatic carbocycles. The molecule has 0 radical (unpaired) electrons. The van der Waals surface area contributed by atoms with Gasteiger partial charge in [0, 0.05) is 30.9 Å². The summed E-state index contributed by atoms with van der Waals surface area (Å²) in [6.07, 6.45) is 2.42. The maximum Gasteiger partial charge on any atom is 0.508 e. The lowest BCUT2D eigenvalue weighted by molar-refractivity contribution is -0.132. The summed E-state index contributed by atoms with van der Waals surface area (Å²) < 4.78 is 17.4. The van der Waals surface area contributed by atoms with Gasteiger partial charge in [-0.2, -0.15) is 0 Å². The molecular formula is C13H26O5Si. The van der Waals surface area contributed by atoms with Gasteiger partial charge in [-0.05, 0) is 34.1 Å². The lowest BCUT2D eigenvalue weighted by Gasteiger charge is -2.33. The Labute approximate surface area is 116 Å². The summed E-state index contributed by atoms with van der Waals surface area (Å²) in [5, 5.41) is 9.01. The highest BCUT2D eigenvalue weighted by Crippen LogP contribution is 2.31. The van der Waals surface area contributed by atoms with Crippen LogP contribution in [-0.4, -0.2) is 39.7 Å². The fraction of sp³-hybridized carbons (Fsp3) is 0.769. The first-order valence-electron chi connectivity index (χ1n) is 6.80. The minimum Gasteiger partial charge on any atom is -0.478 e. The van der Waals surface area contributed by atoms with Crippen molar-refractivity contribution < 1.29 is 23.2 Å². The normalized spacial score (nSPS) is 14.5. The minimum atomic E-state index is -2.87. The highest BCUT2D eigenvalue weighted by Gasteiger charge is 2.47. The molecule has 112 valence electrons. The van der Waals surface area contributed by atoms with Crippen molar-refractivity contribution in [1.82, 2.24) is 0 Å². The molecule has 0 aliphatic rings. The van der Waals surface area contributed by atoms with Crippen LogP contribution in [0.15, 0.2) is 11.6 Å². The highest BCUT2D eigenvalue weighted by atomic mass is 28.4. The molecule has 0 aromatic rings. The Balaban J connectivity index is 5.36. The van der Waals surface area contributed by atoms with E-state index in [2.05, 4.69) is 0 Å². The summed E-state index contributed by atoms with van der Waals surface area (Å²) >= 11 is 0. The first-order valence-corrected chi connectivity index (χ1v) is 8.61. The third kappa shape index (κ3) is 5.44. The molecule has 1 unspecified atom stereocenters. The summed E-state index contributed by atoms with van der Waals surface area (Å²) in [7, 11) is -2.87. The van der Waals surface area contributed by atoms with Crippen molar-refractivity contribution in [2.45, 2.75) is 46.6 Å². The molecule has 0 amide bonds. The zero-order valence-electron chi connectivity index (χ0n) is 12.6. The number of carboxylic acid groups (broad SMARTS) is 1. The molecular weight excluding hydrogens is 264 g/mol. The largest absolute Gasteiger partial charge is 0.508 e. The van der Waals surface area contributed by atoms with E-state index in [9.17, 15) is 4.79 Å². The maximum absolute atomic E-state index is 11.0. The second-order valence-electron chi connectivity index (χ2n) is 4.07. The van der Waals surface area contributed by atoms with Crippen LogP contribution in [0.3, 0.4) is 0 Å². The van der Waals surface area contributed by atoms with Gasteiger partial charge in [-0.3, -0.25) is 0 Å². The third-order valence-electron chi connectivity index (χ3n) is 2.72. The van der Waals surface area contributed by atoms with E-state index in [-0.39, 0.29) is 5.54 Å². The summed E-state index contributed by atoms with van der Waals surface area (Å²) in [4.78, 5) is 11.0. The summed E-state index contributed by atoms with van der Waals surface area (Å²) in [6.45, 7) is 10.7. The molecule has 0 heterocycles. The van der Waals surface area contributed by atoms with Crippen LogP contribution in [0.25, 0.3) is 0 Å². The van der Waals surface area contributed by atoms with Crippen LogP contribution in [0.5, 0.6) is 0 Å². The Morgan fingerprint density at radius 2 is 1.53 bits per heavy atom. The van der Waals surface area contributed by atoms with Gasteiger partial charge in [0.25, 0.3) is 0 Å². The average molecular weight is 290 g/mol. The zero-order valence-corrected chi connectivity index (χ0v) is 13.6. The molecule has 0 saturated heterocycles. The predicted octanol–water partition coefficient (Wildman–Crippen LogP) is 2.85. The van der Waals surface area contributed by atoms with Gasteiger partial charge in [-0.25, -0.2) is 4.79 Å². The van der Waals surface area contributed by atoms with E-state index in [1.807, 2.05) is 27.7 Å². The van der Waals surface area contributed by atoms with Crippen LogP contribution in [0.4, 0.5) is 0 Å². The summed E-state index contributed by atoms with van der Waals surface area (Å²) in [5.41, 5.74) is 0.159. The van der Waals surface area contributed by atoms with Crippen molar-refractivity contribution in [1.29, 1.82) is 0 Å². The van der Waals surface area contributed by atoms with E-state index < -0.39 is 14.8 Å². The quantitative estimate of drug-likeness (QED) is 0.495. The monoisotopic (exact) mass is 290 g/mol. The van der Waals surface area contributed by atoms with Gasteiger partial charge in [0.2, 0.25) is 0 Å². The average Bonchev–Trinajstić information content (AvgIpc) is 2.36. The van der Waals surface area contributed by atoms with E-state index in [1.54, 1.807) is 13.0 Å². The fourth-order valence-corrected chi connectivity index (χ4v) is 4.95. The van der Waals surface area contributed by atoms with Gasteiger partial charge in [-0.15, -0.1) is 0 Å². The summed E-state index contributed by atoms with van der Waals surface area (Å²) in [6, 6.07) is 0. The number of allylic oxidation sites excluding steroid dienone is 1. The Bertz CT molecular complexity index is 286. The molecule has 1 N–H and O–H groups in total. The topological polar surface area (TPSA) is 65.0 Å². The number of aliphatic carboxylic acids is 1. The van der Waals surface area contributed by atoms with Gasteiger partial charge in [0.05, 0.1) is 0 Å². The second-order valence-corrected chi connectivity index (χ2v) is 6.89. The molecule has 0 aliphatic carbocycles. The number of hydrogen-bond acceptors (Lipinski definition) is 4. The predicted molar refractivity (Wildman–Crippen MR) is 76.1 cm³/mol. The summed E-state index contributed by atoms with van der Waals surface area (Å²) in [5.74, 6) is -0.925. The fourth-order valence-electron chi connectivity index (χ4n) is 1.89. The SMILES string of the molecule is CCO[Si](OCC)(OCC)C(/C=C(\C)C(=O)O)CC. The van der Waals surface area contributed by atoms with Crippen LogP contribution in [0, 0.1) is 0 Å². The van der Waals surface area contributed by atoms with Crippen LogP contribution >= 0.6 is 0 Å². The van der Waals surface area contributed by atoms with Gasteiger partial charge < -0.3 is 18.4 Å². The van der Waals surface area contributed by atoms with E-state index in [4.69, 9.17) is 18.4 Å².